The van der Waals surface area contributed by atoms with Crippen LogP contribution in [0.2, 0.25) is 0 Å². The number of nitrogens with one attached hydrogen (secondary N) is 1. The molecule has 0 aliphatic carbocycles. The molecule has 1 aromatic carbocycles. The van der Waals surface area contributed by atoms with Crippen molar-refractivity contribution in [2.45, 2.75) is 19.1 Å². The number of hydrogen-bond donors (Lipinski definition) is 1. The molecule has 19 heavy (non-hydrogen) atoms. The molecule has 1 saturated heterocycles. The summed E-state index contributed by atoms with van der Waals surface area (Å²) >= 11 is 0. The molecule has 1 atom stereocenters. The third kappa shape index (κ3) is 4.02. The third-order valence-corrected chi connectivity index (χ3v) is 3.07. The van der Waals surface area contributed by atoms with E-state index in [2.05, 4.69) is 21.9 Å². The predicted molar refractivity (Wildman–Crippen MR) is 67.7 cm³/mol. The van der Waals surface area contributed by atoms with Gasteiger partial charge in [-0.2, -0.15) is 13.2 Å². The van der Waals surface area contributed by atoms with Gasteiger partial charge in [0.05, 0.1) is 0 Å². The summed E-state index contributed by atoms with van der Waals surface area (Å²) in [6, 6.07) is 7.13. The minimum absolute atomic E-state index is 0.240. The summed E-state index contributed by atoms with van der Waals surface area (Å²) in [4.78, 5) is 2.23. The first-order chi connectivity index (χ1) is 8.96. The van der Waals surface area contributed by atoms with Crippen LogP contribution in [-0.4, -0.2) is 38.5 Å². The van der Waals surface area contributed by atoms with Gasteiger partial charge in [-0.15, -0.1) is 0 Å². The molecule has 1 aliphatic heterocycles. The van der Waals surface area contributed by atoms with Crippen LogP contribution in [0.1, 0.15) is 6.92 Å². The molecule has 0 radical (unpaired) electrons. The van der Waals surface area contributed by atoms with Gasteiger partial charge in [-0.05, 0) is 31.2 Å². The Hall–Kier alpha value is -1.43. The first kappa shape index (κ1) is 14.0. The summed E-state index contributed by atoms with van der Waals surface area (Å²) in [7, 11) is 0. The smallest absolute Gasteiger partial charge is 0.422 e. The van der Waals surface area contributed by atoms with Gasteiger partial charge in [0.25, 0.3) is 0 Å². The van der Waals surface area contributed by atoms with Gasteiger partial charge in [0, 0.05) is 31.4 Å². The Morgan fingerprint density at radius 1 is 1.32 bits per heavy atom. The molecule has 0 bridgehead atoms. The highest BCUT2D eigenvalue weighted by atomic mass is 19.4. The largest absolute Gasteiger partial charge is 0.484 e. The SMILES string of the molecule is C[C@@H]1CNCCN1c1ccc(OCC(F)(F)F)cc1. The molecule has 0 spiro atoms. The second-order valence-corrected chi connectivity index (χ2v) is 4.64. The Kier molecular flexibility index (Phi) is 4.19. The molecule has 6 heteroatoms. The fraction of sp³-hybridized carbons (Fsp3) is 0.538. The lowest BCUT2D eigenvalue weighted by molar-refractivity contribution is -0.153. The molecule has 1 aliphatic rings. The summed E-state index contributed by atoms with van der Waals surface area (Å²) in [5, 5.41) is 3.29. The van der Waals surface area contributed by atoms with Crippen molar-refractivity contribution in [1.82, 2.24) is 5.32 Å². The number of piperazine rings is 1. The van der Waals surface area contributed by atoms with E-state index in [9.17, 15) is 13.2 Å². The number of nitrogens with zero attached hydrogens (tertiary/aromatic N) is 1. The van der Waals surface area contributed by atoms with E-state index >= 15 is 0 Å². The quantitative estimate of drug-likeness (QED) is 0.916. The Balaban J connectivity index is 1.98. The molecular formula is C13H17F3N2O. The molecule has 0 aromatic heterocycles. The van der Waals surface area contributed by atoms with Crippen LogP contribution in [-0.2, 0) is 0 Å². The van der Waals surface area contributed by atoms with Crippen molar-refractivity contribution in [3.05, 3.63) is 24.3 Å². The zero-order valence-corrected chi connectivity index (χ0v) is 10.7. The molecule has 1 heterocycles. The highest BCUT2D eigenvalue weighted by Gasteiger charge is 2.28. The fourth-order valence-electron chi connectivity index (χ4n) is 2.12. The molecule has 3 nitrogen and oxygen atoms in total. The van der Waals surface area contributed by atoms with Crippen LogP contribution in [0.3, 0.4) is 0 Å². The summed E-state index contributed by atoms with van der Waals surface area (Å²) < 4.78 is 40.8. The van der Waals surface area contributed by atoms with E-state index < -0.39 is 12.8 Å². The molecule has 1 fully saturated rings. The van der Waals surface area contributed by atoms with Crippen molar-refractivity contribution >= 4 is 5.69 Å². The van der Waals surface area contributed by atoms with Crippen molar-refractivity contribution < 1.29 is 17.9 Å². The van der Waals surface area contributed by atoms with Crippen LogP contribution in [0.15, 0.2) is 24.3 Å². The number of hydrogen-bond acceptors (Lipinski definition) is 3. The molecule has 1 aromatic rings. The highest BCUT2D eigenvalue weighted by Crippen LogP contribution is 2.23. The zero-order chi connectivity index (χ0) is 13.9. The number of alkyl halides is 3. The van der Waals surface area contributed by atoms with Crippen LogP contribution in [0.5, 0.6) is 5.75 Å². The first-order valence-electron chi connectivity index (χ1n) is 6.23. The lowest BCUT2D eigenvalue weighted by Crippen LogP contribution is -2.49. The number of benzene rings is 1. The summed E-state index contributed by atoms with van der Waals surface area (Å²) in [6.07, 6.45) is -4.30. The first-order valence-corrected chi connectivity index (χ1v) is 6.23. The van der Waals surface area contributed by atoms with Gasteiger partial charge >= 0.3 is 6.18 Å². The van der Waals surface area contributed by atoms with Crippen molar-refractivity contribution in [2.75, 3.05) is 31.1 Å². The lowest BCUT2D eigenvalue weighted by Gasteiger charge is -2.35. The van der Waals surface area contributed by atoms with Gasteiger partial charge in [0.1, 0.15) is 5.75 Å². The van der Waals surface area contributed by atoms with E-state index in [4.69, 9.17) is 0 Å². The predicted octanol–water partition coefficient (Wildman–Crippen LogP) is 2.43. The summed E-state index contributed by atoms with van der Waals surface area (Å²) in [5.74, 6) is 0.240. The average molecular weight is 274 g/mol. The summed E-state index contributed by atoms with van der Waals surface area (Å²) in [5.41, 5.74) is 1.01. The normalized spacial score (nSPS) is 20.4. The van der Waals surface area contributed by atoms with Gasteiger partial charge in [-0.3, -0.25) is 0 Å². The third-order valence-electron chi connectivity index (χ3n) is 3.07. The van der Waals surface area contributed by atoms with Crippen LogP contribution in [0, 0.1) is 0 Å². The molecule has 0 saturated carbocycles. The van der Waals surface area contributed by atoms with E-state index in [1.165, 1.54) is 0 Å². The maximum absolute atomic E-state index is 12.0. The second-order valence-electron chi connectivity index (χ2n) is 4.64. The van der Waals surface area contributed by atoms with Crippen molar-refractivity contribution in [1.29, 1.82) is 0 Å². The Bertz CT molecular complexity index is 405. The van der Waals surface area contributed by atoms with Gasteiger partial charge in [0.15, 0.2) is 6.61 Å². The van der Waals surface area contributed by atoms with E-state index in [1.807, 2.05) is 0 Å². The monoisotopic (exact) mass is 274 g/mol. The Morgan fingerprint density at radius 2 is 2.00 bits per heavy atom. The van der Waals surface area contributed by atoms with Crippen LogP contribution in [0.4, 0.5) is 18.9 Å². The summed E-state index contributed by atoms with van der Waals surface area (Å²) in [6.45, 7) is 3.57. The lowest BCUT2D eigenvalue weighted by atomic mass is 10.2. The number of anilines is 1. The van der Waals surface area contributed by atoms with Crippen molar-refractivity contribution in [3.8, 4) is 5.75 Å². The van der Waals surface area contributed by atoms with Gasteiger partial charge in [0.2, 0.25) is 0 Å². The topological polar surface area (TPSA) is 24.5 Å². The van der Waals surface area contributed by atoms with E-state index in [0.29, 0.717) is 6.04 Å². The molecule has 0 amide bonds. The standard InChI is InChI=1S/C13H17F3N2O/c1-10-8-17-6-7-18(10)11-2-4-12(5-3-11)19-9-13(14,15)16/h2-5,10,17H,6-9H2,1H3/t10-/m1/s1. The maximum Gasteiger partial charge on any atom is 0.422 e. The van der Waals surface area contributed by atoms with Crippen LogP contribution < -0.4 is 15.0 Å². The van der Waals surface area contributed by atoms with Gasteiger partial charge < -0.3 is 15.0 Å². The van der Waals surface area contributed by atoms with Crippen molar-refractivity contribution in [2.24, 2.45) is 0 Å². The van der Waals surface area contributed by atoms with E-state index in [0.717, 1.165) is 25.3 Å². The van der Waals surface area contributed by atoms with Crippen LogP contribution in [0.25, 0.3) is 0 Å². The molecule has 106 valence electrons. The molecule has 2 rings (SSSR count). The number of ether oxygens (including phenoxy) is 1. The van der Waals surface area contributed by atoms with Gasteiger partial charge in [-0.25, -0.2) is 0 Å². The van der Waals surface area contributed by atoms with Crippen LogP contribution >= 0.6 is 0 Å². The Morgan fingerprint density at radius 3 is 2.58 bits per heavy atom. The minimum Gasteiger partial charge on any atom is -0.484 e. The second kappa shape index (κ2) is 5.69. The molecule has 1 N–H and O–H groups in total. The fourth-order valence-corrected chi connectivity index (χ4v) is 2.12. The van der Waals surface area contributed by atoms with Crippen molar-refractivity contribution in [3.63, 3.8) is 0 Å². The van der Waals surface area contributed by atoms with E-state index in [-0.39, 0.29) is 5.75 Å². The van der Waals surface area contributed by atoms with Gasteiger partial charge in [-0.1, -0.05) is 0 Å². The highest BCUT2D eigenvalue weighted by molar-refractivity contribution is 5.50. The molecule has 0 unspecified atom stereocenters. The van der Waals surface area contributed by atoms with E-state index in [1.54, 1.807) is 24.3 Å². The number of halogens is 3. The Labute approximate surface area is 110 Å². The zero-order valence-electron chi connectivity index (χ0n) is 10.7. The average Bonchev–Trinajstić information content (AvgIpc) is 2.37. The minimum atomic E-state index is -4.30. The maximum atomic E-state index is 12.0. The number of rotatable bonds is 3. The molecular weight excluding hydrogens is 257 g/mol.